The van der Waals surface area contributed by atoms with Gasteiger partial charge in [0.05, 0.1) is 5.69 Å². The Balaban J connectivity index is 0.00000588. The summed E-state index contributed by atoms with van der Waals surface area (Å²) in [6, 6.07) is 86.6. The minimum Gasteiger partial charge on any atom is -0.493 e. The van der Waals surface area contributed by atoms with Crippen LogP contribution in [-0.4, -0.2) is 4.98 Å². The second kappa shape index (κ2) is 19.5. The predicted octanol–water partition coefficient (Wildman–Crippen LogP) is 18.6. The molecule has 2 aliphatic heterocycles. The average Bonchev–Trinajstić information content (AvgIpc) is 3.77. The van der Waals surface area contributed by atoms with E-state index in [0.717, 1.165) is 95.9 Å². The van der Waals surface area contributed by atoms with Crippen molar-refractivity contribution in [3.05, 3.63) is 255 Å². The number of benzene rings is 9. The van der Waals surface area contributed by atoms with Gasteiger partial charge in [-0.3, -0.25) is 0 Å². The Morgan fingerprint density at radius 1 is 0.432 bits per heavy atom. The molecule has 0 amide bonds. The maximum absolute atomic E-state index is 5.19. The van der Waals surface area contributed by atoms with Crippen molar-refractivity contribution >= 4 is 57.0 Å². The van der Waals surface area contributed by atoms with Crippen molar-refractivity contribution in [3.63, 3.8) is 0 Å². The van der Waals surface area contributed by atoms with E-state index in [0.29, 0.717) is 0 Å². The Labute approximate surface area is 451 Å². The third kappa shape index (κ3) is 9.01. The number of anilines is 10. The van der Waals surface area contributed by atoms with E-state index in [4.69, 9.17) is 4.98 Å². The molecule has 2 aliphatic rings. The molecule has 12 rings (SSSR count). The molecule has 74 heavy (non-hydrogen) atoms. The molecule has 6 heteroatoms. The molecular weight excluding hydrogens is 1080 g/mol. The third-order valence-electron chi connectivity index (χ3n) is 14.2. The molecule has 366 valence electrons. The van der Waals surface area contributed by atoms with Gasteiger partial charge in [-0.15, -0.1) is 53.8 Å². The van der Waals surface area contributed by atoms with Gasteiger partial charge in [-0.05, 0) is 105 Å². The molecule has 0 spiro atoms. The van der Waals surface area contributed by atoms with Crippen LogP contribution in [0, 0.1) is 18.8 Å². The van der Waals surface area contributed by atoms with E-state index < -0.39 is 0 Å². The number of pyridine rings is 1. The summed E-state index contributed by atoms with van der Waals surface area (Å²) in [6.45, 7) is 15.8. The van der Waals surface area contributed by atoms with Crippen molar-refractivity contribution in [1.29, 1.82) is 0 Å². The van der Waals surface area contributed by atoms with Crippen molar-refractivity contribution < 1.29 is 21.1 Å². The largest absolute Gasteiger partial charge is 0.493 e. The molecule has 0 fully saturated rings. The standard InChI is InChI=1S/C68H56N5.Pt/c1-67(2,3)51-31-33-53(34-32-51)70-46-71(64-29-19-18-28-63(64)70)56-40-50(48-22-12-8-13-23-48)41-57(44-56)72(54-24-14-9-15-25-54)55-35-36-60-58-26-16-17-27-59(58)61-42-49(47-20-10-7-11-21-47)30-37-62(61)73(65(60)45-55)66-43-52(38-39-69-66)68(4,5)6;/h7-43,46H,1-6H3;/q-3;. The van der Waals surface area contributed by atoms with Crippen LogP contribution in [0.3, 0.4) is 0 Å². The number of fused-ring (bicyclic) bond motifs is 6. The second-order valence-electron chi connectivity index (χ2n) is 21.1. The fourth-order valence-corrected chi connectivity index (χ4v) is 10.3. The van der Waals surface area contributed by atoms with Crippen LogP contribution in [0.4, 0.5) is 57.0 Å². The summed E-state index contributed by atoms with van der Waals surface area (Å²) in [5.41, 5.74) is 20.3. The minimum atomic E-state index is -0.108. The minimum absolute atomic E-state index is 0. The normalized spacial score (nSPS) is 12.8. The number of nitrogens with zero attached hydrogens (tertiary/aromatic N) is 5. The molecule has 0 unspecified atom stereocenters. The van der Waals surface area contributed by atoms with Gasteiger partial charge in [0.1, 0.15) is 5.82 Å². The molecule has 5 nitrogen and oxygen atoms in total. The van der Waals surface area contributed by atoms with Crippen molar-refractivity contribution in [1.82, 2.24) is 4.98 Å². The van der Waals surface area contributed by atoms with E-state index in [1.165, 1.54) is 16.7 Å². The summed E-state index contributed by atoms with van der Waals surface area (Å²) in [5.74, 6) is 0.829. The van der Waals surface area contributed by atoms with Crippen LogP contribution >= 0.6 is 0 Å². The SMILES string of the molecule is CC(C)(C)c1ccc(N2[CH-]N(c3[c-]c(N(c4[c-]c5c(cc4)-c4ccccc4-c4cc(-c6ccccc6)ccc4N5c4cc(C(C)(C)C)ccn4)c4ccccc4)cc(-c4ccccc4)c3)c3ccccc32)cc1.[Pt]. The van der Waals surface area contributed by atoms with Gasteiger partial charge in [-0.2, -0.15) is 6.07 Å². The van der Waals surface area contributed by atoms with Gasteiger partial charge < -0.3 is 19.6 Å². The van der Waals surface area contributed by atoms with Gasteiger partial charge in [0.2, 0.25) is 0 Å². The molecule has 1 aromatic heterocycles. The molecule has 0 radical (unpaired) electrons. The Kier molecular flexibility index (Phi) is 12.7. The van der Waals surface area contributed by atoms with Gasteiger partial charge in [-0.1, -0.05) is 198 Å². The topological polar surface area (TPSA) is 25.9 Å². The van der Waals surface area contributed by atoms with Crippen LogP contribution in [0.5, 0.6) is 0 Å². The Bertz CT molecular complexity index is 3640. The number of hydrogen-bond acceptors (Lipinski definition) is 5. The van der Waals surface area contributed by atoms with Crippen LogP contribution < -0.4 is 19.6 Å². The summed E-state index contributed by atoms with van der Waals surface area (Å²) >= 11 is 0. The fourth-order valence-electron chi connectivity index (χ4n) is 10.3. The van der Waals surface area contributed by atoms with E-state index in [9.17, 15) is 0 Å². The van der Waals surface area contributed by atoms with Crippen molar-refractivity contribution in [2.45, 2.75) is 52.4 Å². The first kappa shape index (κ1) is 48.3. The quantitative estimate of drug-likeness (QED) is 0.141. The van der Waals surface area contributed by atoms with Crippen LogP contribution in [-0.2, 0) is 31.9 Å². The smallest absolute Gasteiger partial charge is 0.135 e. The van der Waals surface area contributed by atoms with E-state index in [2.05, 4.69) is 298 Å². The summed E-state index contributed by atoms with van der Waals surface area (Å²) in [5, 5.41) is 0. The van der Waals surface area contributed by atoms with Gasteiger partial charge in [-0.25, -0.2) is 4.98 Å². The molecule has 0 saturated heterocycles. The van der Waals surface area contributed by atoms with Crippen LogP contribution in [0.25, 0.3) is 44.5 Å². The summed E-state index contributed by atoms with van der Waals surface area (Å²) < 4.78 is 0. The molecule has 10 aromatic rings. The molecular formula is C68H56N5Pt-3. The molecule has 0 atom stereocenters. The number of hydrogen-bond donors (Lipinski definition) is 0. The molecule has 9 aromatic carbocycles. The number of rotatable bonds is 8. The van der Waals surface area contributed by atoms with Crippen molar-refractivity contribution in [2.24, 2.45) is 0 Å². The fraction of sp³-hybridized carbons (Fsp3) is 0.118. The van der Waals surface area contributed by atoms with Crippen LogP contribution in [0.2, 0.25) is 0 Å². The average molecular weight is 1140 g/mol. The summed E-state index contributed by atoms with van der Waals surface area (Å²) in [4.78, 5) is 14.4. The zero-order chi connectivity index (χ0) is 49.8. The maximum Gasteiger partial charge on any atom is 0.135 e. The van der Waals surface area contributed by atoms with Gasteiger partial charge in [0.15, 0.2) is 0 Å². The van der Waals surface area contributed by atoms with E-state index in [-0.39, 0.29) is 31.9 Å². The van der Waals surface area contributed by atoms with Crippen LogP contribution in [0.1, 0.15) is 52.7 Å². The first-order valence-corrected chi connectivity index (χ1v) is 25.2. The number of aromatic nitrogens is 1. The summed E-state index contributed by atoms with van der Waals surface area (Å²) in [7, 11) is 0. The Morgan fingerprint density at radius 3 is 1.69 bits per heavy atom. The monoisotopic (exact) mass is 1140 g/mol. The second-order valence-corrected chi connectivity index (χ2v) is 21.1. The first-order valence-electron chi connectivity index (χ1n) is 25.2. The first-order chi connectivity index (χ1) is 35.5. The Hall–Kier alpha value is -7.98. The van der Waals surface area contributed by atoms with Crippen LogP contribution in [0.15, 0.2) is 225 Å². The third-order valence-corrected chi connectivity index (χ3v) is 14.2. The molecule has 0 saturated carbocycles. The maximum atomic E-state index is 5.19. The molecule has 3 heterocycles. The predicted molar refractivity (Wildman–Crippen MR) is 305 cm³/mol. The van der Waals surface area contributed by atoms with E-state index >= 15 is 0 Å². The summed E-state index contributed by atoms with van der Waals surface area (Å²) in [6.07, 6.45) is 1.95. The molecule has 0 N–H and O–H groups in total. The van der Waals surface area contributed by atoms with Gasteiger partial charge in [0.25, 0.3) is 0 Å². The molecule has 0 bridgehead atoms. The zero-order valence-corrected chi connectivity index (χ0v) is 44.8. The van der Waals surface area contributed by atoms with Gasteiger partial charge in [0, 0.05) is 55.6 Å². The zero-order valence-electron chi connectivity index (χ0n) is 42.5. The van der Waals surface area contributed by atoms with E-state index in [1.54, 1.807) is 0 Å². The van der Waals surface area contributed by atoms with E-state index in [1.807, 2.05) is 6.20 Å². The molecule has 0 aliphatic carbocycles. The Morgan fingerprint density at radius 2 is 1.03 bits per heavy atom. The van der Waals surface area contributed by atoms with Crippen molar-refractivity contribution in [3.8, 4) is 44.5 Å². The van der Waals surface area contributed by atoms with Gasteiger partial charge >= 0.3 is 0 Å². The number of para-hydroxylation sites is 3. The van der Waals surface area contributed by atoms with Crippen molar-refractivity contribution in [2.75, 3.05) is 19.6 Å².